The molecule has 106 valence electrons. The molecule has 0 atom stereocenters. The quantitative estimate of drug-likeness (QED) is 0.925. The number of nitrogens with one attached hydrogen (secondary N) is 1. The fourth-order valence-electron chi connectivity index (χ4n) is 1.85. The highest BCUT2D eigenvalue weighted by Crippen LogP contribution is 2.21. The van der Waals surface area contributed by atoms with Crippen LogP contribution in [0.5, 0.6) is 0 Å². The molecule has 0 heterocycles. The first kappa shape index (κ1) is 15.1. The summed E-state index contributed by atoms with van der Waals surface area (Å²) in [6, 6.07) is 16.7. The van der Waals surface area contributed by atoms with Gasteiger partial charge >= 0.3 is 0 Å². The van der Waals surface area contributed by atoms with Crippen LogP contribution in [0.3, 0.4) is 0 Å². The second kappa shape index (κ2) is 6.91. The number of likely N-dealkylation sites (N-methyl/N-ethyl adjacent to an activating group) is 1. The number of amides is 1. The van der Waals surface area contributed by atoms with Crippen molar-refractivity contribution in [3.63, 3.8) is 0 Å². The van der Waals surface area contributed by atoms with Crippen molar-refractivity contribution in [3.8, 4) is 6.07 Å². The molecule has 1 amide bonds. The van der Waals surface area contributed by atoms with Gasteiger partial charge in [0.05, 0.1) is 23.9 Å². The number of hydrogen-bond acceptors (Lipinski definition) is 3. The molecule has 2 rings (SSSR count). The SMILES string of the molecule is CN(CC(=O)Nc1ccccc1Br)c1ccc(C#N)cc1. The Morgan fingerprint density at radius 3 is 2.52 bits per heavy atom. The second-order valence-electron chi connectivity index (χ2n) is 4.54. The highest BCUT2D eigenvalue weighted by atomic mass is 79.9. The standard InChI is InChI=1S/C16H14BrN3O/c1-20(13-8-6-12(10-18)7-9-13)11-16(21)19-15-5-3-2-4-14(15)17/h2-9H,11H2,1H3,(H,19,21). The molecule has 2 aromatic rings. The minimum absolute atomic E-state index is 0.103. The average molecular weight is 344 g/mol. The summed E-state index contributed by atoms with van der Waals surface area (Å²) in [6.45, 7) is 0.229. The number of halogens is 1. The molecule has 0 saturated heterocycles. The van der Waals surface area contributed by atoms with Crippen LogP contribution in [0, 0.1) is 11.3 Å². The number of rotatable bonds is 4. The average Bonchev–Trinajstić information content (AvgIpc) is 2.49. The van der Waals surface area contributed by atoms with Gasteiger partial charge in [-0.05, 0) is 52.3 Å². The van der Waals surface area contributed by atoms with E-state index in [9.17, 15) is 4.79 Å². The number of nitrogens with zero attached hydrogens (tertiary/aromatic N) is 2. The normalized spacial score (nSPS) is 9.76. The molecule has 0 radical (unpaired) electrons. The van der Waals surface area contributed by atoms with E-state index >= 15 is 0 Å². The summed E-state index contributed by atoms with van der Waals surface area (Å²) in [5.41, 5.74) is 2.23. The number of carbonyl (C=O) groups excluding carboxylic acids is 1. The molecular formula is C16H14BrN3O. The van der Waals surface area contributed by atoms with Crippen LogP contribution in [-0.4, -0.2) is 19.5 Å². The van der Waals surface area contributed by atoms with Gasteiger partial charge in [-0.25, -0.2) is 0 Å². The monoisotopic (exact) mass is 343 g/mol. The van der Waals surface area contributed by atoms with Crippen molar-refractivity contribution in [2.45, 2.75) is 0 Å². The zero-order valence-electron chi connectivity index (χ0n) is 11.5. The maximum absolute atomic E-state index is 12.0. The highest BCUT2D eigenvalue weighted by Gasteiger charge is 2.09. The van der Waals surface area contributed by atoms with Gasteiger partial charge in [-0.3, -0.25) is 4.79 Å². The fraction of sp³-hybridized carbons (Fsp3) is 0.125. The number of para-hydroxylation sites is 1. The first-order chi connectivity index (χ1) is 10.1. The molecule has 0 aliphatic carbocycles. The molecule has 0 aliphatic rings. The maximum Gasteiger partial charge on any atom is 0.243 e. The van der Waals surface area contributed by atoms with Gasteiger partial charge in [-0.2, -0.15) is 5.26 Å². The van der Waals surface area contributed by atoms with Crippen LogP contribution in [0.1, 0.15) is 5.56 Å². The molecule has 5 heteroatoms. The number of nitriles is 1. The third-order valence-corrected chi connectivity index (χ3v) is 3.66. The van der Waals surface area contributed by atoms with Crippen LogP contribution in [0.4, 0.5) is 11.4 Å². The molecule has 0 spiro atoms. The van der Waals surface area contributed by atoms with E-state index in [1.165, 1.54) is 0 Å². The summed E-state index contributed by atoms with van der Waals surface area (Å²) in [6.07, 6.45) is 0. The zero-order valence-corrected chi connectivity index (χ0v) is 13.1. The molecule has 0 fully saturated rings. The van der Waals surface area contributed by atoms with Gasteiger partial charge in [0.25, 0.3) is 0 Å². The van der Waals surface area contributed by atoms with Crippen LogP contribution in [0.25, 0.3) is 0 Å². The van der Waals surface area contributed by atoms with Gasteiger partial charge in [-0.15, -0.1) is 0 Å². The topological polar surface area (TPSA) is 56.1 Å². The van der Waals surface area contributed by atoms with E-state index in [0.717, 1.165) is 15.8 Å². The van der Waals surface area contributed by atoms with Gasteiger partial charge in [0.15, 0.2) is 0 Å². The van der Waals surface area contributed by atoms with E-state index in [0.29, 0.717) is 5.56 Å². The third-order valence-electron chi connectivity index (χ3n) is 2.97. The van der Waals surface area contributed by atoms with Crippen LogP contribution >= 0.6 is 15.9 Å². The molecule has 21 heavy (non-hydrogen) atoms. The van der Waals surface area contributed by atoms with E-state index in [4.69, 9.17) is 5.26 Å². The number of benzene rings is 2. The van der Waals surface area contributed by atoms with E-state index in [1.807, 2.05) is 48.3 Å². The highest BCUT2D eigenvalue weighted by molar-refractivity contribution is 9.10. The summed E-state index contributed by atoms with van der Waals surface area (Å²) in [7, 11) is 1.83. The molecule has 2 aromatic carbocycles. The Balaban J connectivity index is 1.99. The van der Waals surface area contributed by atoms with Crippen LogP contribution in [0.15, 0.2) is 53.0 Å². The third kappa shape index (κ3) is 4.07. The van der Waals surface area contributed by atoms with Crippen LogP contribution < -0.4 is 10.2 Å². The van der Waals surface area contributed by atoms with Gasteiger partial charge in [-0.1, -0.05) is 12.1 Å². The van der Waals surface area contributed by atoms with Crippen LogP contribution in [0.2, 0.25) is 0 Å². The van der Waals surface area contributed by atoms with E-state index in [1.54, 1.807) is 12.1 Å². The lowest BCUT2D eigenvalue weighted by Gasteiger charge is -2.19. The van der Waals surface area contributed by atoms with Crippen molar-refractivity contribution in [3.05, 3.63) is 58.6 Å². The zero-order chi connectivity index (χ0) is 15.2. The predicted molar refractivity (Wildman–Crippen MR) is 87.2 cm³/mol. The lowest BCUT2D eigenvalue weighted by atomic mass is 10.2. The Labute approximate surface area is 132 Å². The smallest absolute Gasteiger partial charge is 0.243 e. The Morgan fingerprint density at radius 2 is 1.90 bits per heavy atom. The fourth-order valence-corrected chi connectivity index (χ4v) is 2.23. The summed E-state index contributed by atoms with van der Waals surface area (Å²) in [4.78, 5) is 13.9. The minimum Gasteiger partial charge on any atom is -0.365 e. The summed E-state index contributed by atoms with van der Waals surface area (Å²) in [5, 5.41) is 11.6. The van der Waals surface area contributed by atoms with Crippen LogP contribution in [-0.2, 0) is 4.79 Å². The summed E-state index contributed by atoms with van der Waals surface area (Å²) >= 11 is 3.39. The van der Waals surface area contributed by atoms with Crippen molar-refractivity contribution >= 4 is 33.2 Å². The van der Waals surface area contributed by atoms with E-state index in [2.05, 4.69) is 27.3 Å². The molecule has 0 saturated carbocycles. The number of anilines is 2. The molecule has 0 aromatic heterocycles. The first-order valence-corrected chi connectivity index (χ1v) is 7.15. The van der Waals surface area contributed by atoms with Crippen molar-refractivity contribution in [1.29, 1.82) is 5.26 Å². The largest absolute Gasteiger partial charge is 0.365 e. The molecule has 0 bridgehead atoms. The van der Waals surface area contributed by atoms with Crippen molar-refractivity contribution < 1.29 is 4.79 Å². The summed E-state index contributed by atoms with van der Waals surface area (Å²) < 4.78 is 0.847. The lowest BCUT2D eigenvalue weighted by Crippen LogP contribution is -2.30. The Kier molecular flexibility index (Phi) is 4.96. The van der Waals surface area contributed by atoms with Crippen molar-refractivity contribution in [2.24, 2.45) is 0 Å². The second-order valence-corrected chi connectivity index (χ2v) is 5.40. The van der Waals surface area contributed by atoms with Gasteiger partial charge < -0.3 is 10.2 Å². The number of carbonyl (C=O) groups is 1. The lowest BCUT2D eigenvalue weighted by molar-refractivity contribution is -0.114. The number of hydrogen-bond donors (Lipinski definition) is 1. The molecule has 1 N–H and O–H groups in total. The van der Waals surface area contributed by atoms with Gasteiger partial charge in [0.2, 0.25) is 5.91 Å². The molecule has 0 aliphatic heterocycles. The molecular weight excluding hydrogens is 330 g/mol. The molecule has 4 nitrogen and oxygen atoms in total. The molecule has 0 unspecified atom stereocenters. The van der Waals surface area contributed by atoms with Gasteiger partial charge in [0, 0.05) is 17.2 Å². The maximum atomic E-state index is 12.0. The Morgan fingerprint density at radius 1 is 1.24 bits per heavy atom. The van der Waals surface area contributed by atoms with E-state index < -0.39 is 0 Å². The summed E-state index contributed by atoms with van der Waals surface area (Å²) in [5.74, 6) is -0.103. The minimum atomic E-state index is -0.103. The Hall–Kier alpha value is -2.32. The van der Waals surface area contributed by atoms with Gasteiger partial charge in [0.1, 0.15) is 0 Å². The Bertz CT molecular complexity index is 677. The van der Waals surface area contributed by atoms with Crippen molar-refractivity contribution in [2.75, 3.05) is 23.8 Å². The van der Waals surface area contributed by atoms with Crippen molar-refractivity contribution in [1.82, 2.24) is 0 Å². The van der Waals surface area contributed by atoms with E-state index in [-0.39, 0.29) is 12.5 Å². The predicted octanol–water partition coefficient (Wildman–Crippen LogP) is 3.40. The first-order valence-electron chi connectivity index (χ1n) is 6.36.